The van der Waals surface area contributed by atoms with Gasteiger partial charge in [0.05, 0.1) is 4.91 Å². The molecule has 30 heavy (non-hydrogen) atoms. The molecule has 1 saturated heterocycles. The molecule has 0 unspecified atom stereocenters. The third-order valence-corrected chi connectivity index (χ3v) is 6.43. The quantitative estimate of drug-likeness (QED) is 0.326. The van der Waals surface area contributed by atoms with Gasteiger partial charge in [-0.15, -0.1) is 0 Å². The third kappa shape index (κ3) is 5.80. The van der Waals surface area contributed by atoms with Crippen LogP contribution in [0.5, 0.6) is 0 Å². The zero-order valence-corrected chi connectivity index (χ0v) is 18.9. The molecular formula is C24H26N2O2S2. The average molecular weight is 439 g/mol. The number of hydrogen-bond donors (Lipinski definition) is 1. The van der Waals surface area contributed by atoms with Crippen LogP contribution in [-0.2, 0) is 9.59 Å². The number of carbonyl (C=O) groups excluding carboxylic acids is 2. The Bertz CT molecular complexity index is 985. The molecule has 2 amide bonds. The van der Waals surface area contributed by atoms with E-state index in [1.54, 1.807) is 4.90 Å². The molecule has 0 atom stereocenters. The fourth-order valence-corrected chi connectivity index (χ4v) is 4.54. The number of amides is 2. The summed E-state index contributed by atoms with van der Waals surface area (Å²) in [4.78, 5) is 27.2. The lowest BCUT2D eigenvalue weighted by molar-refractivity contribution is -0.122. The number of hydrogen-bond acceptors (Lipinski definition) is 4. The molecule has 1 aliphatic heterocycles. The van der Waals surface area contributed by atoms with E-state index in [4.69, 9.17) is 12.2 Å². The van der Waals surface area contributed by atoms with Crippen molar-refractivity contribution < 1.29 is 9.59 Å². The van der Waals surface area contributed by atoms with Crippen molar-refractivity contribution in [2.45, 2.75) is 39.5 Å². The summed E-state index contributed by atoms with van der Waals surface area (Å²) >= 11 is 6.77. The Morgan fingerprint density at radius 2 is 1.73 bits per heavy atom. The van der Waals surface area contributed by atoms with E-state index >= 15 is 0 Å². The predicted octanol–water partition coefficient (Wildman–Crippen LogP) is 5.70. The minimum atomic E-state index is -0.0226. The van der Waals surface area contributed by atoms with Gasteiger partial charge in [-0.3, -0.25) is 14.5 Å². The highest BCUT2D eigenvalue weighted by molar-refractivity contribution is 8.26. The molecule has 0 aromatic heterocycles. The number of carbonyl (C=O) groups is 2. The van der Waals surface area contributed by atoms with Crippen molar-refractivity contribution in [3.8, 4) is 0 Å². The smallest absolute Gasteiger partial charge is 0.266 e. The number of para-hydroxylation sites is 1. The summed E-state index contributed by atoms with van der Waals surface area (Å²) in [5.74, 6) is 0.00150. The fraction of sp³-hybridized carbons (Fsp3) is 0.292. The van der Waals surface area contributed by atoms with Gasteiger partial charge < -0.3 is 5.32 Å². The van der Waals surface area contributed by atoms with Gasteiger partial charge in [0, 0.05) is 18.7 Å². The first-order valence-corrected chi connectivity index (χ1v) is 11.3. The largest absolute Gasteiger partial charge is 0.326 e. The zero-order valence-electron chi connectivity index (χ0n) is 17.3. The molecule has 0 aliphatic carbocycles. The van der Waals surface area contributed by atoms with Crippen molar-refractivity contribution in [3.05, 3.63) is 70.1 Å². The van der Waals surface area contributed by atoms with Gasteiger partial charge >= 0.3 is 0 Å². The van der Waals surface area contributed by atoms with E-state index in [-0.39, 0.29) is 11.8 Å². The Balaban J connectivity index is 1.43. The number of benzene rings is 2. The molecule has 4 nitrogen and oxygen atoms in total. The van der Waals surface area contributed by atoms with Crippen molar-refractivity contribution >= 4 is 51.9 Å². The van der Waals surface area contributed by atoms with Gasteiger partial charge in [0.2, 0.25) is 5.91 Å². The maximum absolute atomic E-state index is 12.7. The molecule has 1 aliphatic rings. The Kier molecular flexibility index (Phi) is 7.82. The maximum Gasteiger partial charge on any atom is 0.266 e. The second-order valence-electron chi connectivity index (χ2n) is 7.36. The molecule has 1 heterocycles. The number of anilines is 1. The van der Waals surface area contributed by atoms with Gasteiger partial charge in [-0.05, 0) is 55.5 Å². The Morgan fingerprint density at radius 3 is 2.47 bits per heavy atom. The first-order valence-electron chi connectivity index (χ1n) is 10.1. The van der Waals surface area contributed by atoms with Crippen LogP contribution < -0.4 is 5.32 Å². The van der Waals surface area contributed by atoms with Crippen LogP contribution in [0.4, 0.5) is 5.69 Å². The number of thioether (sulfide) groups is 1. The van der Waals surface area contributed by atoms with Gasteiger partial charge in [0.25, 0.3) is 5.91 Å². The molecule has 1 N–H and O–H groups in total. The topological polar surface area (TPSA) is 49.4 Å². The monoisotopic (exact) mass is 438 g/mol. The van der Waals surface area contributed by atoms with Gasteiger partial charge in [-0.1, -0.05) is 72.9 Å². The zero-order chi connectivity index (χ0) is 21.5. The summed E-state index contributed by atoms with van der Waals surface area (Å²) < 4.78 is 0.608. The summed E-state index contributed by atoms with van der Waals surface area (Å²) in [6.07, 6.45) is 4.87. The van der Waals surface area contributed by atoms with E-state index < -0.39 is 0 Å². The van der Waals surface area contributed by atoms with E-state index in [0.717, 1.165) is 41.6 Å². The van der Waals surface area contributed by atoms with Crippen LogP contribution in [-0.4, -0.2) is 27.6 Å². The fourth-order valence-electron chi connectivity index (χ4n) is 3.24. The van der Waals surface area contributed by atoms with Crippen molar-refractivity contribution in [2.75, 3.05) is 11.9 Å². The van der Waals surface area contributed by atoms with Crippen LogP contribution in [0.1, 0.15) is 42.4 Å². The average Bonchev–Trinajstić information content (AvgIpc) is 2.98. The van der Waals surface area contributed by atoms with Crippen LogP contribution in [0.25, 0.3) is 6.08 Å². The highest BCUT2D eigenvalue weighted by Crippen LogP contribution is 2.33. The second kappa shape index (κ2) is 10.5. The molecule has 0 bridgehead atoms. The van der Waals surface area contributed by atoms with E-state index in [2.05, 4.69) is 5.32 Å². The lowest BCUT2D eigenvalue weighted by Gasteiger charge is -2.14. The maximum atomic E-state index is 12.7. The first-order chi connectivity index (χ1) is 14.5. The van der Waals surface area contributed by atoms with Crippen LogP contribution in [0.3, 0.4) is 0 Å². The third-order valence-electron chi connectivity index (χ3n) is 5.05. The molecule has 0 radical (unpaired) electrons. The molecule has 1 fully saturated rings. The van der Waals surface area contributed by atoms with Crippen LogP contribution >= 0.6 is 24.0 Å². The predicted molar refractivity (Wildman–Crippen MR) is 129 cm³/mol. The normalized spacial score (nSPS) is 15.1. The molecule has 2 aromatic rings. The molecule has 0 spiro atoms. The lowest BCUT2D eigenvalue weighted by atomic mass is 10.1. The standard InChI is InChI=1S/C24H26N2O2S2/c1-17-10-5-7-12-19(17)16-21-23(28)26(24(29)30-21)15-9-3-4-14-22(27)25-20-13-8-6-11-18(20)2/h5-8,10-13,16H,3-4,9,14-15H2,1-2H3,(H,25,27)/b21-16-. The molecule has 6 heteroatoms. The van der Waals surface area contributed by atoms with E-state index in [1.165, 1.54) is 11.8 Å². The van der Waals surface area contributed by atoms with Crippen molar-refractivity contribution in [1.82, 2.24) is 4.90 Å². The first kappa shape index (κ1) is 22.2. The summed E-state index contributed by atoms with van der Waals surface area (Å²) in [5, 5.41) is 2.95. The van der Waals surface area contributed by atoms with Gasteiger partial charge in [-0.2, -0.15) is 0 Å². The minimum Gasteiger partial charge on any atom is -0.326 e. The number of aryl methyl sites for hydroxylation is 2. The van der Waals surface area contributed by atoms with Crippen LogP contribution in [0, 0.1) is 13.8 Å². The van der Waals surface area contributed by atoms with E-state index in [9.17, 15) is 9.59 Å². The summed E-state index contributed by atoms with van der Waals surface area (Å²) in [5.41, 5.74) is 4.09. The van der Waals surface area contributed by atoms with Gasteiger partial charge in [0.15, 0.2) is 0 Å². The highest BCUT2D eigenvalue weighted by atomic mass is 32.2. The SMILES string of the molecule is Cc1ccccc1/C=C1\SC(=S)N(CCCCCC(=O)Nc2ccccc2C)C1=O. The Labute approximate surface area is 187 Å². The van der Waals surface area contributed by atoms with Crippen LogP contribution in [0.15, 0.2) is 53.4 Å². The lowest BCUT2D eigenvalue weighted by Crippen LogP contribution is -2.29. The highest BCUT2D eigenvalue weighted by Gasteiger charge is 2.31. The summed E-state index contributed by atoms with van der Waals surface area (Å²) in [7, 11) is 0. The number of nitrogens with zero attached hydrogens (tertiary/aromatic N) is 1. The number of thiocarbonyl (C=S) groups is 1. The molecular weight excluding hydrogens is 412 g/mol. The number of nitrogens with one attached hydrogen (secondary N) is 1. The summed E-state index contributed by atoms with van der Waals surface area (Å²) in [6, 6.07) is 15.7. The van der Waals surface area contributed by atoms with Crippen molar-refractivity contribution in [3.63, 3.8) is 0 Å². The second-order valence-corrected chi connectivity index (χ2v) is 9.04. The van der Waals surface area contributed by atoms with E-state index in [0.29, 0.717) is 22.2 Å². The Hall–Kier alpha value is -2.44. The van der Waals surface area contributed by atoms with Gasteiger partial charge in [-0.25, -0.2) is 0 Å². The summed E-state index contributed by atoms with van der Waals surface area (Å²) in [6.45, 7) is 4.60. The molecule has 3 rings (SSSR count). The number of rotatable bonds is 8. The molecule has 0 saturated carbocycles. The van der Waals surface area contributed by atoms with E-state index in [1.807, 2.05) is 68.5 Å². The van der Waals surface area contributed by atoms with Gasteiger partial charge in [0.1, 0.15) is 4.32 Å². The van der Waals surface area contributed by atoms with Crippen molar-refractivity contribution in [2.24, 2.45) is 0 Å². The minimum absolute atomic E-state index is 0.0226. The molecule has 156 valence electrons. The van der Waals surface area contributed by atoms with Crippen LogP contribution in [0.2, 0.25) is 0 Å². The van der Waals surface area contributed by atoms with Crippen molar-refractivity contribution in [1.29, 1.82) is 0 Å². The molecule has 2 aromatic carbocycles. The number of unbranched alkanes of at least 4 members (excludes halogenated alkanes) is 2. The Morgan fingerprint density at radius 1 is 1.03 bits per heavy atom.